The molecule has 1 saturated heterocycles. The fraction of sp³-hybridized carbons (Fsp3) is 0.389. The molecule has 2 N–H and O–H groups in total. The summed E-state index contributed by atoms with van der Waals surface area (Å²) >= 11 is 0. The average molecular weight is 343 g/mol. The van der Waals surface area contributed by atoms with Gasteiger partial charge in [0.2, 0.25) is 0 Å². The first-order valence-corrected chi connectivity index (χ1v) is 8.30. The summed E-state index contributed by atoms with van der Waals surface area (Å²) in [4.78, 5) is 23.3. The number of hydrogen-bond donors (Lipinski definition) is 2. The molecule has 7 heteroatoms. The molecule has 1 unspecified atom stereocenters. The van der Waals surface area contributed by atoms with Gasteiger partial charge in [0.15, 0.2) is 17.2 Å². The van der Waals surface area contributed by atoms with Crippen LogP contribution >= 0.6 is 0 Å². The Morgan fingerprint density at radius 2 is 2.16 bits per heavy atom. The highest BCUT2D eigenvalue weighted by Crippen LogP contribution is 2.15. The smallest absolute Gasteiger partial charge is 0.273 e. The van der Waals surface area contributed by atoms with Gasteiger partial charge in [-0.1, -0.05) is 5.16 Å². The number of benzene rings is 1. The Hall–Kier alpha value is -2.67. The summed E-state index contributed by atoms with van der Waals surface area (Å²) in [7, 11) is 0. The number of carbonyl (C=O) groups excluding carboxylic acids is 2. The highest BCUT2D eigenvalue weighted by Gasteiger charge is 2.17. The molecule has 25 heavy (non-hydrogen) atoms. The second-order valence-corrected chi connectivity index (χ2v) is 6.12. The van der Waals surface area contributed by atoms with Gasteiger partial charge in [-0.25, -0.2) is 0 Å². The number of amides is 1. The Morgan fingerprint density at radius 1 is 1.36 bits per heavy atom. The predicted octanol–water partition coefficient (Wildman–Crippen LogP) is 1.80. The van der Waals surface area contributed by atoms with Crippen LogP contribution in [0.2, 0.25) is 0 Å². The van der Waals surface area contributed by atoms with Crippen LogP contribution in [0, 0.1) is 5.92 Å². The third-order valence-electron chi connectivity index (χ3n) is 4.15. The quantitative estimate of drug-likeness (QED) is 0.745. The molecule has 1 atom stereocenters. The first kappa shape index (κ1) is 17.2. The first-order chi connectivity index (χ1) is 12.1. The second kappa shape index (κ2) is 7.94. The molecule has 1 aromatic heterocycles. The molecule has 1 fully saturated rings. The van der Waals surface area contributed by atoms with Gasteiger partial charge in [0.25, 0.3) is 5.91 Å². The summed E-state index contributed by atoms with van der Waals surface area (Å²) in [5.74, 6) is 1.31. The van der Waals surface area contributed by atoms with Crippen LogP contribution in [-0.2, 0) is 6.61 Å². The van der Waals surface area contributed by atoms with Crippen molar-refractivity contribution in [3.8, 4) is 5.75 Å². The largest absolute Gasteiger partial charge is 0.486 e. The van der Waals surface area contributed by atoms with E-state index in [2.05, 4.69) is 15.8 Å². The number of Topliss-reactive ketones (excluding diaryl/α,β-unsaturated/α-hetero) is 1. The monoisotopic (exact) mass is 343 g/mol. The fourth-order valence-corrected chi connectivity index (χ4v) is 2.64. The van der Waals surface area contributed by atoms with Gasteiger partial charge in [-0.05, 0) is 56.6 Å². The third kappa shape index (κ3) is 4.67. The maximum absolute atomic E-state index is 12.1. The zero-order valence-electron chi connectivity index (χ0n) is 14.1. The Bertz CT molecular complexity index is 733. The van der Waals surface area contributed by atoms with Gasteiger partial charge >= 0.3 is 0 Å². The first-order valence-electron chi connectivity index (χ1n) is 8.30. The zero-order valence-corrected chi connectivity index (χ0v) is 14.1. The van der Waals surface area contributed by atoms with Gasteiger partial charge in [-0.15, -0.1) is 0 Å². The molecule has 0 saturated carbocycles. The SMILES string of the molecule is CC(=O)c1ccc(OCc2cc(C(=O)NCC3CCNC3)no2)cc1. The van der Waals surface area contributed by atoms with Crippen LogP contribution in [-0.4, -0.2) is 36.5 Å². The van der Waals surface area contributed by atoms with Gasteiger partial charge in [0, 0.05) is 18.2 Å². The number of nitrogens with zero attached hydrogens (tertiary/aromatic N) is 1. The van der Waals surface area contributed by atoms with E-state index in [4.69, 9.17) is 9.26 Å². The Labute approximate surface area is 145 Å². The summed E-state index contributed by atoms with van der Waals surface area (Å²) in [5, 5.41) is 9.92. The normalized spacial score (nSPS) is 16.6. The van der Waals surface area contributed by atoms with E-state index in [1.54, 1.807) is 30.3 Å². The standard InChI is InChI=1S/C18H21N3O4/c1-12(22)14-2-4-15(5-3-14)24-11-16-8-17(21-25-16)18(23)20-10-13-6-7-19-9-13/h2-5,8,13,19H,6-7,9-11H2,1H3,(H,20,23). The van der Waals surface area contributed by atoms with Crippen LogP contribution < -0.4 is 15.4 Å². The van der Waals surface area contributed by atoms with Gasteiger partial charge in [0.1, 0.15) is 12.4 Å². The lowest BCUT2D eigenvalue weighted by Crippen LogP contribution is -2.30. The van der Waals surface area contributed by atoms with Gasteiger partial charge < -0.3 is 19.9 Å². The number of ether oxygens (including phenoxy) is 1. The molecule has 0 radical (unpaired) electrons. The van der Waals surface area contributed by atoms with E-state index in [9.17, 15) is 9.59 Å². The maximum Gasteiger partial charge on any atom is 0.273 e. The van der Waals surface area contributed by atoms with E-state index in [1.807, 2.05) is 0 Å². The molecule has 2 heterocycles. The molecular weight excluding hydrogens is 322 g/mol. The van der Waals surface area contributed by atoms with Crippen LogP contribution in [0.1, 0.15) is 40.0 Å². The number of rotatable bonds is 7. The lowest BCUT2D eigenvalue weighted by Gasteiger charge is -2.08. The van der Waals surface area contributed by atoms with Crippen LogP contribution in [0.4, 0.5) is 0 Å². The van der Waals surface area contributed by atoms with E-state index in [0.29, 0.717) is 29.5 Å². The molecule has 1 aromatic carbocycles. The molecule has 132 valence electrons. The van der Waals surface area contributed by atoms with Crippen molar-refractivity contribution in [3.05, 3.63) is 47.3 Å². The number of carbonyl (C=O) groups is 2. The van der Waals surface area contributed by atoms with Crippen LogP contribution in [0.15, 0.2) is 34.9 Å². The van der Waals surface area contributed by atoms with Gasteiger partial charge in [0.05, 0.1) is 0 Å². The van der Waals surface area contributed by atoms with Crippen LogP contribution in [0.5, 0.6) is 5.75 Å². The number of hydrogen-bond acceptors (Lipinski definition) is 6. The molecule has 2 aromatic rings. The highest BCUT2D eigenvalue weighted by atomic mass is 16.5. The summed E-state index contributed by atoms with van der Waals surface area (Å²) in [6.07, 6.45) is 1.07. The van der Waals surface area contributed by atoms with E-state index in [0.717, 1.165) is 19.5 Å². The molecule has 1 aliphatic heterocycles. The summed E-state index contributed by atoms with van der Waals surface area (Å²) in [5.41, 5.74) is 0.875. The fourth-order valence-electron chi connectivity index (χ4n) is 2.64. The summed E-state index contributed by atoms with van der Waals surface area (Å²) in [6.45, 7) is 4.24. The van der Waals surface area contributed by atoms with Crippen molar-refractivity contribution in [1.82, 2.24) is 15.8 Å². The minimum atomic E-state index is -0.243. The lowest BCUT2D eigenvalue weighted by molar-refractivity contribution is 0.0938. The molecular formula is C18H21N3O4. The molecule has 7 nitrogen and oxygen atoms in total. The molecule has 0 aliphatic carbocycles. The third-order valence-corrected chi connectivity index (χ3v) is 4.15. The second-order valence-electron chi connectivity index (χ2n) is 6.12. The molecule has 3 rings (SSSR count). The average Bonchev–Trinajstić information content (AvgIpc) is 3.30. The Morgan fingerprint density at radius 3 is 2.84 bits per heavy atom. The van der Waals surface area contributed by atoms with E-state index >= 15 is 0 Å². The van der Waals surface area contributed by atoms with Crippen LogP contribution in [0.25, 0.3) is 0 Å². The number of ketones is 1. The maximum atomic E-state index is 12.1. The predicted molar refractivity (Wildman–Crippen MR) is 90.6 cm³/mol. The number of aromatic nitrogens is 1. The van der Waals surface area contributed by atoms with Gasteiger partial charge in [-0.3, -0.25) is 9.59 Å². The Balaban J connectivity index is 1.49. The lowest BCUT2D eigenvalue weighted by atomic mass is 10.1. The van der Waals surface area contributed by atoms with Crippen molar-refractivity contribution in [2.24, 2.45) is 5.92 Å². The topological polar surface area (TPSA) is 93.5 Å². The summed E-state index contributed by atoms with van der Waals surface area (Å²) < 4.78 is 10.7. The highest BCUT2D eigenvalue weighted by molar-refractivity contribution is 5.94. The molecule has 0 bridgehead atoms. The van der Waals surface area contributed by atoms with Crippen molar-refractivity contribution in [3.63, 3.8) is 0 Å². The summed E-state index contributed by atoms with van der Waals surface area (Å²) in [6, 6.07) is 8.42. The van der Waals surface area contributed by atoms with E-state index in [1.165, 1.54) is 6.92 Å². The zero-order chi connectivity index (χ0) is 17.6. The van der Waals surface area contributed by atoms with Crippen molar-refractivity contribution in [1.29, 1.82) is 0 Å². The van der Waals surface area contributed by atoms with Crippen LogP contribution in [0.3, 0.4) is 0 Å². The molecule has 1 aliphatic rings. The minimum Gasteiger partial charge on any atom is -0.486 e. The van der Waals surface area contributed by atoms with Crippen molar-refractivity contribution in [2.75, 3.05) is 19.6 Å². The number of nitrogens with one attached hydrogen (secondary N) is 2. The van der Waals surface area contributed by atoms with Crippen molar-refractivity contribution in [2.45, 2.75) is 20.0 Å². The molecule has 0 spiro atoms. The van der Waals surface area contributed by atoms with Gasteiger partial charge in [-0.2, -0.15) is 0 Å². The minimum absolute atomic E-state index is 0.00539. The van der Waals surface area contributed by atoms with Crippen molar-refractivity contribution >= 4 is 11.7 Å². The Kier molecular flexibility index (Phi) is 5.45. The van der Waals surface area contributed by atoms with Crippen molar-refractivity contribution < 1.29 is 18.8 Å². The molecule has 1 amide bonds. The van der Waals surface area contributed by atoms with E-state index in [-0.39, 0.29) is 24.0 Å². The van der Waals surface area contributed by atoms with E-state index < -0.39 is 0 Å².